The summed E-state index contributed by atoms with van der Waals surface area (Å²) in [6, 6.07) is 6.62. The van der Waals surface area contributed by atoms with E-state index in [1.54, 1.807) is 30.3 Å². The quantitative estimate of drug-likeness (QED) is 0.0563. The van der Waals surface area contributed by atoms with Gasteiger partial charge in [0.05, 0.1) is 6.10 Å². The molecular weight excluding hydrogens is 654 g/mol. The van der Waals surface area contributed by atoms with E-state index < -0.39 is 90.0 Å². The number of carbonyl (C=O) groups is 5. The molecule has 1 fully saturated rings. The number of nitrogens with zero attached hydrogens (tertiary/aromatic N) is 1. The zero-order chi connectivity index (χ0) is 36.2. The van der Waals surface area contributed by atoms with E-state index in [0.717, 1.165) is 30.7 Å². The fourth-order valence-electron chi connectivity index (χ4n) is 4.94. The second kappa shape index (κ2) is 17.9. The number of carboxylic acids is 1. The van der Waals surface area contributed by atoms with Gasteiger partial charge in [-0.15, -0.1) is 0 Å². The summed E-state index contributed by atoms with van der Waals surface area (Å²) >= 11 is 0. The summed E-state index contributed by atoms with van der Waals surface area (Å²) in [7, 11) is 0. The lowest BCUT2D eigenvalue weighted by Crippen LogP contribution is -2.55. The number of amides is 2. The predicted octanol–water partition coefficient (Wildman–Crippen LogP) is -2.12. The molecule has 19 nitrogen and oxygen atoms in total. The smallest absolute Gasteiger partial charge is 0.408 e. The maximum Gasteiger partial charge on any atom is 0.408 e. The molecule has 0 bridgehead atoms. The monoisotopic (exact) mass is 693 g/mol. The number of rotatable bonds is 16. The van der Waals surface area contributed by atoms with Gasteiger partial charge >= 0.3 is 29.7 Å². The zero-order valence-corrected chi connectivity index (χ0v) is 26.8. The minimum atomic E-state index is -1.97. The molecule has 8 atom stereocenters. The van der Waals surface area contributed by atoms with Gasteiger partial charge in [0.2, 0.25) is 5.91 Å². The molecule has 1 saturated heterocycles. The summed E-state index contributed by atoms with van der Waals surface area (Å²) in [4.78, 5) is 87.1. The number of carboxylic acid groups (broad SMARTS) is 1. The van der Waals surface area contributed by atoms with Gasteiger partial charge in [-0.05, 0) is 25.5 Å². The average Bonchev–Trinajstić information content (AvgIpc) is 3.36. The van der Waals surface area contributed by atoms with E-state index in [9.17, 15) is 48.9 Å². The molecule has 3 rings (SSSR count). The first-order valence-corrected chi connectivity index (χ1v) is 15.1. The summed E-state index contributed by atoms with van der Waals surface area (Å²) in [5, 5.41) is 38.5. The highest BCUT2D eigenvalue weighted by Crippen LogP contribution is 2.35. The van der Waals surface area contributed by atoms with Crippen LogP contribution in [0.25, 0.3) is 0 Å². The van der Waals surface area contributed by atoms with Crippen molar-refractivity contribution >= 4 is 29.9 Å². The molecule has 2 aromatic rings. The van der Waals surface area contributed by atoms with Crippen LogP contribution in [0.3, 0.4) is 0 Å². The van der Waals surface area contributed by atoms with Gasteiger partial charge in [-0.1, -0.05) is 30.3 Å². The minimum Gasteiger partial charge on any atom is -0.480 e. The molecule has 1 aromatic carbocycles. The van der Waals surface area contributed by atoms with Crippen molar-refractivity contribution in [1.82, 2.24) is 25.5 Å². The fourth-order valence-corrected chi connectivity index (χ4v) is 4.94. The lowest BCUT2D eigenvalue weighted by molar-refractivity contribution is -0.167. The van der Waals surface area contributed by atoms with Crippen LogP contribution in [0.5, 0.6) is 0 Å². The van der Waals surface area contributed by atoms with Crippen molar-refractivity contribution in [2.75, 3.05) is 13.1 Å². The van der Waals surface area contributed by atoms with Crippen molar-refractivity contribution in [1.29, 1.82) is 0 Å². The summed E-state index contributed by atoms with van der Waals surface area (Å²) in [5.41, 5.74) is -1.03. The summed E-state index contributed by atoms with van der Waals surface area (Å²) in [6.45, 7) is 3.11. The number of benzene rings is 1. The van der Waals surface area contributed by atoms with Crippen LogP contribution >= 0.6 is 0 Å². The summed E-state index contributed by atoms with van der Waals surface area (Å²) < 4.78 is 22.2. The Morgan fingerprint density at radius 3 is 2.20 bits per heavy atom. The Morgan fingerprint density at radius 2 is 1.61 bits per heavy atom. The van der Waals surface area contributed by atoms with Crippen molar-refractivity contribution in [3.05, 3.63) is 69.0 Å². The molecule has 49 heavy (non-hydrogen) atoms. The molecule has 7 N–H and O–H groups in total. The number of carbonyl (C=O) groups excluding carboxylic acids is 4. The van der Waals surface area contributed by atoms with Crippen molar-refractivity contribution in [2.45, 2.75) is 82.6 Å². The van der Waals surface area contributed by atoms with Crippen LogP contribution in [0.4, 0.5) is 4.79 Å². The Kier molecular flexibility index (Phi) is 14.0. The predicted molar refractivity (Wildman–Crippen MR) is 165 cm³/mol. The zero-order valence-electron chi connectivity index (χ0n) is 26.8. The van der Waals surface area contributed by atoms with Crippen molar-refractivity contribution in [3.8, 4) is 0 Å². The molecule has 1 aromatic heterocycles. The van der Waals surface area contributed by atoms with Gasteiger partial charge in [-0.2, -0.15) is 0 Å². The number of alkyl carbamates (subject to hydrolysis) is 1. The van der Waals surface area contributed by atoms with Gasteiger partial charge in [0.1, 0.15) is 30.9 Å². The third-order valence-electron chi connectivity index (χ3n) is 7.17. The number of aromatic amines is 1. The van der Waals surface area contributed by atoms with Crippen LogP contribution in [0.15, 0.2) is 52.2 Å². The molecule has 2 amide bonds. The Hall–Kier alpha value is -5.11. The molecular formula is C30H39N5O14. The first kappa shape index (κ1) is 38.3. The van der Waals surface area contributed by atoms with Crippen LogP contribution in [0.1, 0.15) is 39.0 Å². The van der Waals surface area contributed by atoms with Crippen LogP contribution in [0.2, 0.25) is 0 Å². The molecule has 1 aliphatic rings. The van der Waals surface area contributed by atoms with Gasteiger partial charge in [0.25, 0.3) is 5.56 Å². The van der Waals surface area contributed by atoms with E-state index in [0.29, 0.717) is 5.56 Å². The Balaban J connectivity index is 1.63. The number of aromatic nitrogens is 2. The van der Waals surface area contributed by atoms with Crippen molar-refractivity contribution in [2.24, 2.45) is 0 Å². The number of aliphatic carboxylic acids is 1. The first-order chi connectivity index (χ1) is 23.2. The molecule has 0 radical (unpaired) electrons. The average molecular weight is 694 g/mol. The van der Waals surface area contributed by atoms with Gasteiger partial charge in [0.15, 0.2) is 18.4 Å². The lowest BCUT2D eigenvalue weighted by atomic mass is 9.99. The molecule has 1 aliphatic heterocycles. The Bertz CT molecular complexity index is 1580. The topological polar surface area (TPSA) is 274 Å². The Morgan fingerprint density at radius 1 is 0.959 bits per heavy atom. The number of esters is 2. The number of hydrogen-bond acceptors (Lipinski definition) is 14. The van der Waals surface area contributed by atoms with Crippen LogP contribution in [0, 0.1) is 0 Å². The van der Waals surface area contributed by atoms with E-state index in [-0.39, 0.29) is 26.1 Å². The largest absolute Gasteiger partial charge is 0.480 e. The minimum absolute atomic E-state index is 0.0556. The third kappa shape index (κ3) is 11.0. The van der Waals surface area contributed by atoms with E-state index in [4.69, 9.17) is 18.9 Å². The molecule has 0 aliphatic carbocycles. The Labute approximate surface area is 278 Å². The second-order valence-corrected chi connectivity index (χ2v) is 11.0. The van der Waals surface area contributed by atoms with Crippen LogP contribution < -0.4 is 27.2 Å². The first-order valence-electron chi connectivity index (χ1n) is 15.1. The highest BCUT2D eigenvalue weighted by molar-refractivity contribution is 5.86. The van der Waals surface area contributed by atoms with Crippen LogP contribution in [-0.2, 0) is 44.7 Å². The number of aliphatic hydroxyl groups excluding tert-OH is 2. The molecule has 2 heterocycles. The van der Waals surface area contributed by atoms with E-state index in [1.165, 1.54) is 6.92 Å². The van der Waals surface area contributed by atoms with Gasteiger partial charge in [-0.3, -0.25) is 33.5 Å². The van der Waals surface area contributed by atoms with Gasteiger partial charge < -0.3 is 50.2 Å². The summed E-state index contributed by atoms with van der Waals surface area (Å²) in [6.07, 6.45) is -9.42. The van der Waals surface area contributed by atoms with Crippen molar-refractivity contribution in [3.63, 3.8) is 0 Å². The molecule has 268 valence electrons. The van der Waals surface area contributed by atoms with E-state index >= 15 is 0 Å². The maximum atomic E-state index is 12.7. The number of hydrogen-bond donors (Lipinski definition) is 7. The number of nitrogens with one attached hydrogen (secondary N) is 4. The van der Waals surface area contributed by atoms with Gasteiger partial charge in [-0.25, -0.2) is 9.59 Å². The number of ether oxygens (including phenoxy) is 4. The number of H-pyrrole nitrogens is 1. The van der Waals surface area contributed by atoms with Crippen LogP contribution in [-0.4, -0.2) is 110 Å². The van der Waals surface area contributed by atoms with E-state index in [2.05, 4.69) is 16.0 Å². The standard InChI is InChI=1S/C30H39N5O14/c1-15(36)20(34-30(45)46-14-18-8-5-4-6-9-18)26(41)32-12-7-11-31-21(28(42)43)22(40)23-24(47-16(2)37)25(48-17(3)38)27(49-23)35-13-10-19(39)33-29(35)44/h4-6,8-10,13,15,20-25,27,31,36,40H,7,11-12,14H2,1-3H3,(H,32,41)(H,34,45)(H,42,43)(H,33,39,44)/t15-,20-,21?,22+,23+,24+,25+,27+/m0/s1. The fraction of sp³-hybridized carbons (Fsp3) is 0.500. The summed E-state index contributed by atoms with van der Waals surface area (Å²) in [5.74, 6) is -4.08. The lowest BCUT2D eigenvalue weighted by Gasteiger charge is -2.29. The highest BCUT2D eigenvalue weighted by Gasteiger charge is 2.55. The molecule has 19 heteroatoms. The molecule has 0 saturated carbocycles. The normalized spacial score (nSPS) is 21.0. The number of aliphatic hydroxyl groups is 2. The maximum absolute atomic E-state index is 12.7. The second-order valence-electron chi connectivity index (χ2n) is 11.0. The molecule has 1 unspecified atom stereocenters. The highest BCUT2D eigenvalue weighted by atomic mass is 16.6. The molecule has 0 spiro atoms. The SMILES string of the molecule is CC(=O)O[C@H]1[C@@H](OC(C)=O)[C@H](n2ccc(=O)[nH]c2=O)O[C@@H]1[C@H](O)C(NCCCNC(=O)[C@@H](NC(=O)OCc1ccccc1)[C@H](C)O)C(=O)O. The third-order valence-corrected chi connectivity index (χ3v) is 7.17. The van der Waals surface area contributed by atoms with Crippen molar-refractivity contribution < 1.29 is 58.2 Å². The van der Waals surface area contributed by atoms with E-state index in [1.807, 2.05) is 4.98 Å². The van der Waals surface area contributed by atoms with Gasteiger partial charge in [0, 0.05) is 32.7 Å².